The molecule has 1 aromatic rings. The number of hydrogen-bond acceptors (Lipinski definition) is 4. The molecule has 0 fully saturated rings. The lowest BCUT2D eigenvalue weighted by atomic mass is 10.1. The van der Waals surface area contributed by atoms with Crippen LogP contribution in [0.2, 0.25) is 0 Å². The van der Waals surface area contributed by atoms with Gasteiger partial charge in [-0.15, -0.1) is 11.6 Å². The van der Waals surface area contributed by atoms with Crippen LogP contribution in [-0.4, -0.2) is 45.4 Å². The van der Waals surface area contributed by atoms with Crippen molar-refractivity contribution in [1.82, 2.24) is 4.31 Å². The Labute approximate surface area is 143 Å². The number of alkyl halides is 1. The normalized spacial score (nSPS) is 18.2. The molecule has 0 radical (unpaired) electrons. The fourth-order valence-electron chi connectivity index (χ4n) is 2.55. The number of sulfone groups is 1. The molecule has 0 amide bonds. The fourth-order valence-corrected chi connectivity index (χ4v) is 5.59. The highest BCUT2D eigenvalue weighted by Gasteiger charge is 2.38. The molecule has 0 N–H and O–H groups in total. The van der Waals surface area contributed by atoms with Crippen LogP contribution in [0.1, 0.15) is 26.3 Å². The molecule has 0 atom stereocenters. The summed E-state index contributed by atoms with van der Waals surface area (Å²) in [6, 6.07) is 4.34. The van der Waals surface area contributed by atoms with E-state index in [1.165, 1.54) is 14.7 Å². The van der Waals surface area contributed by atoms with Gasteiger partial charge in [-0.05, 0) is 37.6 Å². The summed E-state index contributed by atoms with van der Waals surface area (Å²) in [6.07, 6.45) is 0. The van der Waals surface area contributed by atoms with E-state index in [-0.39, 0.29) is 35.7 Å². The number of anilines is 1. The Bertz CT molecular complexity index is 791. The van der Waals surface area contributed by atoms with Crippen molar-refractivity contribution in [2.24, 2.45) is 0 Å². The van der Waals surface area contributed by atoms with Gasteiger partial charge >= 0.3 is 10.2 Å². The Morgan fingerprint density at radius 1 is 1.30 bits per heavy atom. The van der Waals surface area contributed by atoms with Crippen molar-refractivity contribution in [2.75, 3.05) is 22.5 Å². The van der Waals surface area contributed by atoms with Crippen LogP contribution in [0.25, 0.3) is 0 Å². The number of rotatable bonds is 5. The van der Waals surface area contributed by atoms with E-state index in [4.69, 9.17) is 11.6 Å². The van der Waals surface area contributed by atoms with Gasteiger partial charge in [0, 0.05) is 25.0 Å². The zero-order valence-electron chi connectivity index (χ0n) is 13.4. The van der Waals surface area contributed by atoms with Gasteiger partial charge in [0.05, 0.1) is 16.3 Å². The van der Waals surface area contributed by atoms with Crippen LogP contribution in [0.4, 0.5) is 5.69 Å². The topological polar surface area (TPSA) is 74.8 Å². The molecule has 0 saturated heterocycles. The first-order chi connectivity index (χ1) is 10.6. The second-order valence-corrected chi connectivity index (χ2v) is 10.1. The lowest BCUT2D eigenvalue weighted by Crippen LogP contribution is -2.50. The van der Waals surface area contributed by atoms with Gasteiger partial charge in [0.1, 0.15) is 0 Å². The predicted molar refractivity (Wildman–Crippen MR) is 91.8 cm³/mol. The summed E-state index contributed by atoms with van der Waals surface area (Å²) in [7, 11) is -7.00. The summed E-state index contributed by atoms with van der Waals surface area (Å²) in [6.45, 7) is 5.45. The van der Waals surface area contributed by atoms with E-state index in [0.717, 1.165) is 0 Å². The molecule has 1 aliphatic heterocycles. The molecule has 2 rings (SSSR count). The molecule has 0 unspecified atom stereocenters. The number of hydrogen-bond donors (Lipinski definition) is 0. The Hall–Kier alpha value is -0.830. The molecule has 0 bridgehead atoms. The summed E-state index contributed by atoms with van der Waals surface area (Å²) in [5, 5.41) is 0. The maximum absolute atomic E-state index is 12.7. The van der Waals surface area contributed by atoms with Gasteiger partial charge in [-0.3, -0.25) is 4.31 Å². The quantitative estimate of drug-likeness (QED) is 0.732. The summed E-state index contributed by atoms with van der Waals surface area (Å²) >= 11 is 5.76. The molecule has 23 heavy (non-hydrogen) atoms. The number of fused-ring (bicyclic) bond motifs is 1. The summed E-state index contributed by atoms with van der Waals surface area (Å²) < 4.78 is 52.2. The Kier molecular flexibility index (Phi) is 5.30. The molecule has 0 aliphatic carbocycles. The molecule has 0 spiro atoms. The first-order valence-corrected chi connectivity index (χ1v) is 10.9. The van der Waals surface area contributed by atoms with E-state index in [1.54, 1.807) is 32.9 Å². The molecule has 6 nitrogen and oxygen atoms in total. The third kappa shape index (κ3) is 3.35. The second-order valence-electron chi connectivity index (χ2n) is 5.60. The third-order valence-electron chi connectivity index (χ3n) is 3.82. The van der Waals surface area contributed by atoms with Crippen LogP contribution in [0.3, 0.4) is 0 Å². The second kappa shape index (κ2) is 6.58. The minimum atomic E-state index is -3.66. The molecular formula is C14H21ClN2O4S2. The molecule has 0 aromatic heterocycles. The van der Waals surface area contributed by atoms with Crippen molar-refractivity contribution in [3.63, 3.8) is 0 Å². The van der Waals surface area contributed by atoms with Gasteiger partial charge in [0.2, 0.25) is 0 Å². The van der Waals surface area contributed by atoms with E-state index in [2.05, 4.69) is 0 Å². The summed E-state index contributed by atoms with van der Waals surface area (Å²) in [5.74, 6) is 0.156. The smallest absolute Gasteiger partial charge is 0.256 e. The van der Waals surface area contributed by atoms with Gasteiger partial charge in [-0.1, -0.05) is 6.92 Å². The van der Waals surface area contributed by atoms with Crippen molar-refractivity contribution in [2.45, 2.75) is 38.3 Å². The van der Waals surface area contributed by atoms with Gasteiger partial charge in [-0.2, -0.15) is 12.7 Å². The third-order valence-corrected chi connectivity index (χ3v) is 7.80. The highest BCUT2D eigenvalue weighted by atomic mass is 35.5. The molecule has 1 heterocycles. The first kappa shape index (κ1) is 18.5. The van der Waals surface area contributed by atoms with Crippen LogP contribution in [0.5, 0.6) is 0 Å². The number of benzene rings is 1. The standard InChI is InChI=1S/C14H21ClN2O4S2/c1-4-22(18,19)13-5-6-14-12(9-13)10-17(11(2)3)23(20,21)16(14)8-7-15/h5-6,9,11H,4,7-8,10H2,1-3H3. The lowest BCUT2D eigenvalue weighted by molar-refractivity contribution is 0.341. The van der Waals surface area contributed by atoms with Crippen LogP contribution >= 0.6 is 11.6 Å². The average molecular weight is 381 g/mol. The average Bonchev–Trinajstić information content (AvgIpc) is 2.48. The van der Waals surface area contributed by atoms with Crippen LogP contribution < -0.4 is 4.31 Å². The highest BCUT2D eigenvalue weighted by molar-refractivity contribution is 7.91. The largest absolute Gasteiger partial charge is 0.304 e. The first-order valence-electron chi connectivity index (χ1n) is 7.36. The van der Waals surface area contributed by atoms with Crippen molar-refractivity contribution in [3.05, 3.63) is 23.8 Å². The lowest BCUT2D eigenvalue weighted by Gasteiger charge is -2.39. The van der Waals surface area contributed by atoms with Gasteiger partial charge in [0.25, 0.3) is 0 Å². The van der Waals surface area contributed by atoms with Gasteiger partial charge in [0.15, 0.2) is 9.84 Å². The highest BCUT2D eigenvalue weighted by Crippen LogP contribution is 2.35. The SMILES string of the molecule is CCS(=O)(=O)c1ccc2c(c1)CN(C(C)C)S(=O)(=O)N2CCCl. The van der Waals surface area contributed by atoms with E-state index in [0.29, 0.717) is 11.3 Å². The molecular weight excluding hydrogens is 360 g/mol. The summed E-state index contributed by atoms with van der Waals surface area (Å²) in [5.41, 5.74) is 1.17. The number of halogens is 1. The van der Waals surface area contributed by atoms with Crippen LogP contribution in [-0.2, 0) is 26.6 Å². The molecule has 0 saturated carbocycles. The predicted octanol–water partition coefficient (Wildman–Crippen LogP) is 1.99. The maximum atomic E-state index is 12.7. The van der Waals surface area contributed by atoms with E-state index in [1.807, 2.05) is 0 Å². The van der Waals surface area contributed by atoms with Crippen molar-refractivity contribution in [3.8, 4) is 0 Å². The van der Waals surface area contributed by atoms with E-state index < -0.39 is 20.0 Å². The Morgan fingerprint density at radius 2 is 1.96 bits per heavy atom. The van der Waals surface area contributed by atoms with Crippen LogP contribution in [0, 0.1) is 0 Å². The summed E-state index contributed by atoms with van der Waals surface area (Å²) in [4.78, 5) is 0.215. The minimum Gasteiger partial charge on any atom is -0.256 e. The molecule has 1 aliphatic rings. The Balaban J connectivity index is 2.62. The fraction of sp³-hybridized carbons (Fsp3) is 0.571. The number of nitrogens with zero attached hydrogens (tertiary/aromatic N) is 2. The van der Waals surface area contributed by atoms with Gasteiger partial charge < -0.3 is 0 Å². The van der Waals surface area contributed by atoms with Crippen molar-refractivity contribution < 1.29 is 16.8 Å². The molecule has 1 aromatic carbocycles. The maximum Gasteiger partial charge on any atom is 0.304 e. The minimum absolute atomic E-state index is 0.00335. The monoisotopic (exact) mass is 380 g/mol. The van der Waals surface area contributed by atoms with Crippen molar-refractivity contribution in [1.29, 1.82) is 0 Å². The van der Waals surface area contributed by atoms with E-state index in [9.17, 15) is 16.8 Å². The van der Waals surface area contributed by atoms with Gasteiger partial charge in [-0.25, -0.2) is 8.42 Å². The zero-order valence-corrected chi connectivity index (χ0v) is 15.7. The van der Waals surface area contributed by atoms with Crippen LogP contribution in [0.15, 0.2) is 23.1 Å². The van der Waals surface area contributed by atoms with Crippen molar-refractivity contribution >= 4 is 37.3 Å². The Morgan fingerprint density at radius 3 is 2.48 bits per heavy atom. The molecule has 130 valence electrons. The zero-order chi connectivity index (χ0) is 17.4. The molecule has 9 heteroatoms. The van der Waals surface area contributed by atoms with E-state index >= 15 is 0 Å².